The highest BCUT2D eigenvalue weighted by molar-refractivity contribution is 5.80. The van der Waals surface area contributed by atoms with Crippen LogP contribution in [0.5, 0.6) is 5.75 Å². The summed E-state index contributed by atoms with van der Waals surface area (Å²) in [4.78, 5) is 4.47. The zero-order valence-corrected chi connectivity index (χ0v) is 13.7. The quantitative estimate of drug-likeness (QED) is 0.902. The van der Waals surface area contributed by atoms with Crippen molar-refractivity contribution < 1.29 is 9.84 Å². The Morgan fingerprint density at radius 3 is 3.04 bits per heavy atom. The monoisotopic (exact) mass is 323 g/mol. The molecule has 24 heavy (non-hydrogen) atoms. The Hall–Kier alpha value is -2.58. The van der Waals surface area contributed by atoms with Crippen LogP contribution < -0.4 is 10.5 Å². The minimum atomic E-state index is -0.0389. The van der Waals surface area contributed by atoms with Gasteiger partial charge in [0.15, 0.2) is 0 Å². The summed E-state index contributed by atoms with van der Waals surface area (Å²) >= 11 is 0. The van der Waals surface area contributed by atoms with Crippen molar-refractivity contribution in [2.45, 2.75) is 26.2 Å². The summed E-state index contributed by atoms with van der Waals surface area (Å²) in [5.41, 5.74) is 10.4. The van der Waals surface area contributed by atoms with E-state index in [-0.39, 0.29) is 13.2 Å². The molecule has 1 aromatic heterocycles. The van der Waals surface area contributed by atoms with Gasteiger partial charge in [0.05, 0.1) is 6.61 Å². The number of benzene rings is 1. The fourth-order valence-electron chi connectivity index (χ4n) is 3.29. The van der Waals surface area contributed by atoms with Crippen molar-refractivity contribution in [2.75, 3.05) is 18.9 Å². The minimum Gasteiger partial charge on any atom is -0.491 e. The van der Waals surface area contributed by atoms with Crippen molar-refractivity contribution in [1.82, 2.24) is 4.98 Å². The van der Waals surface area contributed by atoms with Gasteiger partial charge in [0.1, 0.15) is 29.8 Å². The maximum Gasteiger partial charge on any atom is 0.142 e. The van der Waals surface area contributed by atoms with Gasteiger partial charge in [-0.1, -0.05) is 19.1 Å². The van der Waals surface area contributed by atoms with Crippen LogP contribution in [0.4, 0.5) is 5.82 Å². The number of anilines is 1. The zero-order chi connectivity index (χ0) is 17.1. The summed E-state index contributed by atoms with van der Waals surface area (Å²) in [5.74, 6) is 1.52. The lowest BCUT2D eigenvalue weighted by molar-refractivity contribution is 0.201. The van der Waals surface area contributed by atoms with Crippen LogP contribution in [-0.4, -0.2) is 23.3 Å². The van der Waals surface area contributed by atoms with Crippen molar-refractivity contribution in [1.29, 1.82) is 5.26 Å². The number of aliphatic hydroxyl groups excluding tert-OH is 1. The molecule has 1 aromatic carbocycles. The Morgan fingerprint density at radius 1 is 1.46 bits per heavy atom. The predicted octanol–water partition coefficient (Wildman–Crippen LogP) is 2.70. The molecule has 0 saturated heterocycles. The maximum absolute atomic E-state index is 9.60. The number of nitrogens with zero attached hydrogens (tertiary/aromatic N) is 2. The van der Waals surface area contributed by atoms with Gasteiger partial charge < -0.3 is 15.6 Å². The molecule has 3 rings (SSSR count). The Bertz CT molecular complexity index is 796. The van der Waals surface area contributed by atoms with Gasteiger partial charge in [0, 0.05) is 11.3 Å². The number of fused-ring (bicyclic) bond motifs is 1. The summed E-state index contributed by atoms with van der Waals surface area (Å²) in [6.07, 6.45) is 2.87. The average Bonchev–Trinajstić information content (AvgIpc) is 2.59. The number of nitrogen functional groups attached to an aromatic ring is 1. The molecule has 0 saturated carbocycles. The number of aliphatic hydroxyl groups is 1. The van der Waals surface area contributed by atoms with E-state index < -0.39 is 0 Å². The summed E-state index contributed by atoms with van der Waals surface area (Å²) in [5, 5.41) is 18.5. The van der Waals surface area contributed by atoms with Gasteiger partial charge in [0.2, 0.25) is 0 Å². The Kier molecular flexibility index (Phi) is 4.68. The average molecular weight is 323 g/mol. The molecule has 3 N–H and O–H groups in total. The van der Waals surface area contributed by atoms with Crippen molar-refractivity contribution in [2.24, 2.45) is 5.92 Å². The number of aryl methyl sites for hydroxylation is 1. The van der Waals surface area contributed by atoms with Gasteiger partial charge in [-0.25, -0.2) is 4.98 Å². The lowest BCUT2D eigenvalue weighted by atomic mass is 9.82. The third-order valence-electron chi connectivity index (χ3n) is 4.43. The first-order valence-electron chi connectivity index (χ1n) is 8.19. The topological polar surface area (TPSA) is 92.2 Å². The van der Waals surface area contributed by atoms with Gasteiger partial charge in [-0.3, -0.25) is 0 Å². The van der Waals surface area contributed by atoms with E-state index in [0.29, 0.717) is 23.0 Å². The van der Waals surface area contributed by atoms with Crippen LogP contribution in [0.15, 0.2) is 24.3 Å². The highest BCUT2D eigenvalue weighted by Crippen LogP contribution is 2.38. The number of ether oxygens (including phenoxy) is 1. The molecule has 0 radical (unpaired) electrons. The highest BCUT2D eigenvalue weighted by Gasteiger charge is 2.24. The molecular formula is C19H21N3O2. The molecule has 5 nitrogen and oxygen atoms in total. The molecule has 0 spiro atoms. The number of nitrogens with two attached hydrogens (primary N) is 1. The van der Waals surface area contributed by atoms with Gasteiger partial charge >= 0.3 is 0 Å². The third kappa shape index (κ3) is 3.06. The van der Waals surface area contributed by atoms with E-state index in [4.69, 9.17) is 15.6 Å². The predicted molar refractivity (Wildman–Crippen MR) is 92.6 cm³/mol. The Balaban J connectivity index is 2.16. The molecular weight excluding hydrogens is 302 g/mol. The molecule has 0 unspecified atom stereocenters. The number of pyridine rings is 1. The van der Waals surface area contributed by atoms with Gasteiger partial charge in [-0.15, -0.1) is 0 Å². The van der Waals surface area contributed by atoms with Crippen LogP contribution in [0.2, 0.25) is 0 Å². The van der Waals surface area contributed by atoms with E-state index in [1.807, 2.05) is 24.3 Å². The lowest BCUT2D eigenvalue weighted by Gasteiger charge is -2.25. The van der Waals surface area contributed by atoms with Crippen LogP contribution in [0.1, 0.15) is 30.2 Å². The van der Waals surface area contributed by atoms with E-state index in [1.165, 1.54) is 0 Å². The molecule has 0 aliphatic heterocycles. The molecule has 1 aliphatic carbocycles. The summed E-state index contributed by atoms with van der Waals surface area (Å²) in [6.45, 7) is 2.42. The van der Waals surface area contributed by atoms with E-state index >= 15 is 0 Å². The summed E-state index contributed by atoms with van der Waals surface area (Å²) < 4.78 is 5.51. The first-order chi connectivity index (χ1) is 11.6. The second kappa shape index (κ2) is 6.90. The first kappa shape index (κ1) is 16.3. The number of rotatable bonds is 4. The standard InChI is InChI=1S/C19H21N3O2/c1-12-5-6-17-15(9-12)18(16(11-20)19(21)22-17)13-3-2-4-14(10-13)24-8-7-23/h2-4,10,12,23H,5-9H2,1H3,(H2,21,22)/t12-/m1/s1. The van der Waals surface area contributed by atoms with Crippen molar-refractivity contribution >= 4 is 5.82 Å². The fourth-order valence-corrected chi connectivity index (χ4v) is 3.29. The fraction of sp³-hybridized carbons (Fsp3) is 0.368. The van der Waals surface area contributed by atoms with Gasteiger partial charge in [0.25, 0.3) is 0 Å². The van der Waals surface area contributed by atoms with Crippen molar-refractivity contribution in [3.63, 3.8) is 0 Å². The normalized spacial score (nSPS) is 16.3. The maximum atomic E-state index is 9.60. The van der Waals surface area contributed by atoms with Crippen molar-refractivity contribution in [3.05, 3.63) is 41.1 Å². The van der Waals surface area contributed by atoms with Crippen molar-refractivity contribution in [3.8, 4) is 22.9 Å². The van der Waals surface area contributed by atoms with Crippen LogP contribution in [0.3, 0.4) is 0 Å². The summed E-state index contributed by atoms with van der Waals surface area (Å²) in [6, 6.07) is 9.80. The molecule has 0 bridgehead atoms. The molecule has 0 fully saturated rings. The van der Waals surface area contributed by atoms with Gasteiger partial charge in [-0.2, -0.15) is 5.26 Å². The smallest absolute Gasteiger partial charge is 0.142 e. The molecule has 0 amide bonds. The molecule has 5 heteroatoms. The van der Waals surface area contributed by atoms with E-state index in [0.717, 1.165) is 41.6 Å². The summed E-state index contributed by atoms with van der Waals surface area (Å²) in [7, 11) is 0. The van der Waals surface area contributed by atoms with E-state index in [2.05, 4.69) is 18.0 Å². The second-order valence-corrected chi connectivity index (χ2v) is 6.23. The SMILES string of the molecule is C[C@@H]1CCc2nc(N)c(C#N)c(-c3cccc(OCCO)c3)c2C1. The first-order valence-corrected chi connectivity index (χ1v) is 8.19. The largest absolute Gasteiger partial charge is 0.491 e. The molecule has 1 aliphatic rings. The van der Waals surface area contributed by atoms with Crippen LogP contribution in [0, 0.1) is 17.2 Å². The molecule has 1 atom stereocenters. The van der Waals surface area contributed by atoms with Gasteiger partial charge in [-0.05, 0) is 48.4 Å². The third-order valence-corrected chi connectivity index (χ3v) is 4.43. The number of hydrogen-bond acceptors (Lipinski definition) is 5. The van der Waals surface area contributed by atoms with Crippen LogP contribution in [-0.2, 0) is 12.8 Å². The van der Waals surface area contributed by atoms with E-state index in [9.17, 15) is 5.26 Å². The molecule has 1 heterocycles. The number of hydrogen-bond donors (Lipinski definition) is 2. The molecule has 2 aromatic rings. The highest BCUT2D eigenvalue weighted by atomic mass is 16.5. The Labute approximate surface area is 141 Å². The molecule has 124 valence electrons. The van der Waals surface area contributed by atoms with E-state index in [1.54, 1.807) is 0 Å². The minimum absolute atomic E-state index is 0.0389. The number of nitriles is 1. The zero-order valence-electron chi connectivity index (χ0n) is 13.7. The number of aromatic nitrogens is 1. The Morgan fingerprint density at radius 2 is 2.29 bits per heavy atom. The lowest BCUT2D eigenvalue weighted by Crippen LogP contribution is -2.16. The van der Waals surface area contributed by atoms with Crippen LogP contribution in [0.25, 0.3) is 11.1 Å². The van der Waals surface area contributed by atoms with Crippen LogP contribution >= 0.6 is 0 Å². The second-order valence-electron chi connectivity index (χ2n) is 6.23.